The molecule has 0 radical (unpaired) electrons. The van der Waals surface area contributed by atoms with Crippen molar-refractivity contribution >= 4 is 23.5 Å². The molecule has 1 aliphatic heterocycles. The van der Waals surface area contributed by atoms with Gasteiger partial charge in [-0.2, -0.15) is 0 Å². The van der Waals surface area contributed by atoms with E-state index >= 15 is 0 Å². The Morgan fingerprint density at radius 2 is 2.07 bits per heavy atom. The van der Waals surface area contributed by atoms with Gasteiger partial charge in [-0.05, 0) is 49.3 Å². The first-order valence-corrected chi connectivity index (χ1v) is 10.0. The maximum Gasteiger partial charge on any atom is 0.338 e. The van der Waals surface area contributed by atoms with Gasteiger partial charge in [0, 0.05) is 28.3 Å². The molecule has 0 bridgehead atoms. The lowest BCUT2D eigenvalue weighted by atomic mass is 9.53. The van der Waals surface area contributed by atoms with Crippen molar-refractivity contribution in [2.45, 2.75) is 51.7 Å². The fourth-order valence-electron chi connectivity index (χ4n) is 5.52. The summed E-state index contributed by atoms with van der Waals surface area (Å²) in [5, 5.41) is 0.514. The van der Waals surface area contributed by atoms with Crippen LogP contribution in [-0.2, 0) is 14.3 Å². The van der Waals surface area contributed by atoms with Gasteiger partial charge in [0.25, 0.3) is 0 Å². The fourth-order valence-corrected chi connectivity index (χ4v) is 5.71. The second-order valence-electron chi connectivity index (χ2n) is 8.57. The van der Waals surface area contributed by atoms with Gasteiger partial charge >= 0.3 is 11.9 Å². The number of carbonyl (C=O) groups excluding carboxylic acids is 2. The summed E-state index contributed by atoms with van der Waals surface area (Å²) >= 11 is 5.99. The predicted octanol–water partition coefficient (Wildman–Crippen LogP) is 4.81. The average Bonchev–Trinajstić information content (AvgIpc) is 2.91. The normalized spacial score (nSPS) is 38.0. The molecule has 1 aromatic rings. The van der Waals surface area contributed by atoms with E-state index in [1.807, 2.05) is 0 Å². The van der Waals surface area contributed by atoms with Crippen molar-refractivity contribution in [1.82, 2.24) is 0 Å². The monoisotopic (exact) mass is 388 g/mol. The molecular formula is C22H25ClO4. The average molecular weight is 389 g/mol. The van der Waals surface area contributed by atoms with Gasteiger partial charge in [0.15, 0.2) is 0 Å². The number of fused-ring (bicyclic) bond motifs is 3. The largest absolute Gasteiger partial charge is 0.458 e. The summed E-state index contributed by atoms with van der Waals surface area (Å²) in [5.41, 5.74) is 1.17. The number of rotatable bonds is 2. The first kappa shape index (κ1) is 18.5. The molecule has 3 fully saturated rings. The number of halogens is 1. The van der Waals surface area contributed by atoms with Crippen LogP contribution in [0, 0.1) is 23.2 Å². The summed E-state index contributed by atoms with van der Waals surface area (Å²) in [6.07, 6.45) is 3.44. The van der Waals surface area contributed by atoms with Crippen LogP contribution in [0.3, 0.4) is 0 Å². The summed E-state index contributed by atoms with van der Waals surface area (Å²) in [6.45, 7) is 8.35. The molecule has 2 aliphatic carbocycles. The summed E-state index contributed by atoms with van der Waals surface area (Å²) in [7, 11) is 0. The van der Waals surface area contributed by atoms with Crippen LogP contribution >= 0.6 is 11.6 Å². The highest BCUT2D eigenvalue weighted by molar-refractivity contribution is 6.30. The molecule has 0 spiro atoms. The van der Waals surface area contributed by atoms with Crippen molar-refractivity contribution in [3.8, 4) is 0 Å². The smallest absolute Gasteiger partial charge is 0.338 e. The Morgan fingerprint density at radius 1 is 1.33 bits per heavy atom. The van der Waals surface area contributed by atoms with E-state index in [2.05, 4.69) is 20.4 Å². The Hall–Kier alpha value is -1.81. The molecule has 4 rings (SSSR count). The van der Waals surface area contributed by atoms with Crippen LogP contribution in [0.2, 0.25) is 5.02 Å². The highest BCUT2D eigenvalue weighted by Crippen LogP contribution is 2.58. The number of hydrogen-bond donors (Lipinski definition) is 0. The third kappa shape index (κ3) is 3.08. The van der Waals surface area contributed by atoms with Crippen molar-refractivity contribution in [1.29, 1.82) is 0 Å². The second-order valence-corrected chi connectivity index (χ2v) is 9.01. The number of benzene rings is 1. The van der Waals surface area contributed by atoms with E-state index < -0.39 is 0 Å². The molecule has 1 heterocycles. The zero-order valence-electron chi connectivity index (χ0n) is 15.7. The zero-order valence-corrected chi connectivity index (χ0v) is 16.5. The van der Waals surface area contributed by atoms with Crippen molar-refractivity contribution < 1.29 is 19.1 Å². The van der Waals surface area contributed by atoms with Crippen molar-refractivity contribution in [2.24, 2.45) is 23.2 Å². The predicted molar refractivity (Wildman–Crippen MR) is 102 cm³/mol. The number of carbonyl (C=O) groups is 2. The van der Waals surface area contributed by atoms with Gasteiger partial charge < -0.3 is 9.47 Å². The molecule has 3 aliphatic rings. The lowest BCUT2D eigenvalue weighted by molar-refractivity contribution is -0.159. The van der Waals surface area contributed by atoms with Crippen LogP contribution in [0.5, 0.6) is 0 Å². The van der Waals surface area contributed by atoms with Gasteiger partial charge in [0.2, 0.25) is 0 Å². The Kier molecular flexibility index (Phi) is 4.58. The summed E-state index contributed by atoms with van der Waals surface area (Å²) in [4.78, 5) is 24.7. The van der Waals surface area contributed by atoms with Crippen LogP contribution < -0.4 is 0 Å². The van der Waals surface area contributed by atoms with Crippen molar-refractivity contribution in [3.63, 3.8) is 0 Å². The minimum absolute atomic E-state index is 0.0976. The minimum Gasteiger partial charge on any atom is -0.458 e. The first-order valence-electron chi connectivity index (χ1n) is 9.66. The lowest BCUT2D eigenvalue weighted by Crippen LogP contribution is -2.53. The molecule has 0 aromatic heterocycles. The van der Waals surface area contributed by atoms with Gasteiger partial charge in [-0.3, -0.25) is 0 Å². The molecule has 2 saturated carbocycles. The van der Waals surface area contributed by atoms with Crippen molar-refractivity contribution in [2.75, 3.05) is 0 Å². The molecule has 144 valence electrons. The van der Waals surface area contributed by atoms with Crippen molar-refractivity contribution in [3.05, 3.63) is 47.0 Å². The molecule has 1 saturated heterocycles. The molecule has 6 atom stereocenters. The van der Waals surface area contributed by atoms with E-state index in [-0.39, 0.29) is 47.3 Å². The Labute approximate surface area is 164 Å². The summed E-state index contributed by atoms with van der Waals surface area (Å²) in [6, 6.07) is 6.82. The minimum atomic E-state index is -0.349. The standard InChI is InChI=1S/C22H25ClO4/c1-12-16-7-9-22(3)10-8-17(13(2)18(22)19(16)27-20(12)24)26-21(25)14-5-4-6-15(23)11-14/h4-6,11,13,16-19H,1,7-10H2,2-3H3/t13-,16-,17-,18?,19-,22-/m0/s1. The SMILES string of the molecule is C=C1C(=O)O[C@@H]2C3[C@@H](C)[C@@H](OC(=O)c4cccc(Cl)c4)CC[C@]3(C)CC[C@@H]12. The topological polar surface area (TPSA) is 52.6 Å². The molecular weight excluding hydrogens is 364 g/mol. The van der Waals surface area contributed by atoms with Crippen LogP contribution in [0.15, 0.2) is 36.4 Å². The van der Waals surface area contributed by atoms with Gasteiger partial charge in [-0.15, -0.1) is 0 Å². The van der Waals surface area contributed by atoms with Crippen LogP contribution in [0.4, 0.5) is 0 Å². The van der Waals surface area contributed by atoms with Gasteiger partial charge in [-0.25, -0.2) is 9.59 Å². The molecule has 0 N–H and O–H groups in total. The summed E-state index contributed by atoms with van der Waals surface area (Å²) in [5.74, 6) is -0.234. The van der Waals surface area contributed by atoms with E-state index in [0.29, 0.717) is 16.2 Å². The Morgan fingerprint density at radius 3 is 2.81 bits per heavy atom. The van der Waals surface area contributed by atoms with Gasteiger partial charge in [0.05, 0.1) is 5.56 Å². The second kappa shape index (κ2) is 6.66. The maximum absolute atomic E-state index is 12.6. The number of esters is 2. The van der Waals surface area contributed by atoms with E-state index in [1.165, 1.54) is 0 Å². The van der Waals surface area contributed by atoms with E-state index in [9.17, 15) is 9.59 Å². The van der Waals surface area contributed by atoms with Gasteiger partial charge in [0.1, 0.15) is 12.2 Å². The third-order valence-electron chi connectivity index (χ3n) is 7.01. The molecule has 1 unspecified atom stereocenters. The quantitative estimate of drug-likeness (QED) is 0.539. The zero-order chi connectivity index (χ0) is 19.3. The van der Waals surface area contributed by atoms with E-state index in [4.69, 9.17) is 21.1 Å². The fraction of sp³-hybridized carbons (Fsp3) is 0.545. The maximum atomic E-state index is 12.6. The Balaban J connectivity index is 1.55. The summed E-state index contributed by atoms with van der Waals surface area (Å²) < 4.78 is 11.6. The first-order chi connectivity index (χ1) is 12.8. The van der Waals surface area contributed by atoms with Gasteiger partial charge in [-0.1, -0.05) is 38.1 Å². The number of ether oxygens (including phenoxy) is 2. The molecule has 4 nitrogen and oxygen atoms in total. The van der Waals surface area contributed by atoms with Crippen LogP contribution in [-0.4, -0.2) is 24.1 Å². The van der Waals surface area contributed by atoms with E-state index in [1.54, 1.807) is 24.3 Å². The van der Waals surface area contributed by atoms with Crippen LogP contribution in [0.25, 0.3) is 0 Å². The van der Waals surface area contributed by atoms with Crippen LogP contribution in [0.1, 0.15) is 49.9 Å². The Bertz CT molecular complexity index is 803. The molecule has 0 amide bonds. The number of hydrogen-bond acceptors (Lipinski definition) is 4. The highest BCUT2D eigenvalue weighted by atomic mass is 35.5. The molecule has 27 heavy (non-hydrogen) atoms. The highest BCUT2D eigenvalue weighted by Gasteiger charge is 2.58. The lowest BCUT2D eigenvalue weighted by Gasteiger charge is -2.54. The third-order valence-corrected chi connectivity index (χ3v) is 7.24. The molecule has 1 aromatic carbocycles. The molecule has 5 heteroatoms. The van der Waals surface area contributed by atoms with E-state index in [0.717, 1.165) is 25.7 Å².